The van der Waals surface area contributed by atoms with E-state index < -0.39 is 11.4 Å². The molecule has 1 aromatic rings. The highest BCUT2D eigenvalue weighted by Gasteiger charge is 2.51. The summed E-state index contributed by atoms with van der Waals surface area (Å²) in [6.45, 7) is 8.21. The predicted octanol–water partition coefficient (Wildman–Crippen LogP) is 4.04. The third kappa shape index (κ3) is 4.42. The van der Waals surface area contributed by atoms with Crippen LogP contribution < -0.4 is 9.64 Å². The van der Waals surface area contributed by atoms with Gasteiger partial charge < -0.3 is 24.5 Å². The maximum absolute atomic E-state index is 11.6. The van der Waals surface area contributed by atoms with Crippen molar-refractivity contribution < 1.29 is 19.5 Å². The number of anilines is 1. The highest BCUT2D eigenvalue weighted by atomic mass is 16.7. The van der Waals surface area contributed by atoms with Crippen LogP contribution in [0.15, 0.2) is 17.3 Å². The molecule has 1 saturated carbocycles. The molecule has 3 saturated heterocycles. The zero-order valence-corrected chi connectivity index (χ0v) is 21.8. The van der Waals surface area contributed by atoms with Crippen molar-refractivity contribution in [3.8, 4) is 5.75 Å². The largest absolute Gasteiger partial charge is 0.496 e. The van der Waals surface area contributed by atoms with Crippen LogP contribution in [0.3, 0.4) is 0 Å². The quantitative estimate of drug-likeness (QED) is 0.637. The average Bonchev–Trinajstić information content (AvgIpc) is 3.63. The van der Waals surface area contributed by atoms with Gasteiger partial charge in [-0.05, 0) is 69.4 Å². The minimum Gasteiger partial charge on any atom is -0.496 e. The van der Waals surface area contributed by atoms with Crippen LogP contribution in [0.5, 0.6) is 5.75 Å². The van der Waals surface area contributed by atoms with Gasteiger partial charge in [-0.3, -0.25) is 9.69 Å². The molecule has 4 fully saturated rings. The molecule has 0 atom stereocenters. The minimum absolute atomic E-state index is 0.233. The van der Waals surface area contributed by atoms with Crippen molar-refractivity contribution in [2.75, 3.05) is 51.3 Å². The number of carboxylic acids is 1. The average molecular weight is 497 g/mol. The third-order valence-electron chi connectivity index (χ3n) is 9.13. The van der Waals surface area contributed by atoms with E-state index >= 15 is 0 Å². The standard InChI is InChI=1S/C28H40N4O4/c1-27(26(33)34)8-12-32(13-9-27)25-16-28(36-29-25)18-30(19-28)17-21-14-22(20-6-7-20)23(15-24(21)35-2)31-10-4-3-5-11-31/h14-15,20H,3-13,16-19H2,1-2H3,(H,33,34). The Morgan fingerprint density at radius 2 is 1.83 bits per heavy atom. The normalized spacial score (nSPS) is 25.3. The van der Waals surface area contributed by atoms with E-state index in [0.29, 0.717) is 18.8 Å². The Balaban J connectivity index is 1.08. The number of benzene rings is 1. The summed E-state index contributed by atoms with van der Waals surface area (Å²) in [6.07, 6.45) is 8.62. The molecule has 0 radical (unpaired) electrons. The molecule has 1 aliphatic carbocycles. The molecule has 8 heteroatoms. The summed E-state index contributed by atoms with van der Waals surface area (Å²) in [4.78, 5) is 24.8. The molecule has 0 aromatic heterocycles. The number of carboxylic acid groups (broad SMARTS) is 1. The molecule has 5 aliphatic rings. The first kappa shape index (κ1) is 23.9. The molecule has 1 spiro atoms. The van der Waals surface area contributed by atoms with Gasteiger partial charge in [0.2, 0.25) is 0 Å². The van der Waals surface area contributed by atoms with E-state index in [1.54, 1.807) is 7.11 Å². The first-order valence-electron chi connectivity index (χ1n) is 13.8. The van der Waals surface area contributed by atoms with Crippen molar-refractivity contribution >= 4 is 17.5 Å². The highest BCUT2D eigenvalue weighted by molar-refractivity contribution is 5.85. The minimum atomic E-state index is -0.693. The van der Waals surface area contributed by atoms with Gasteiger partial charge in [0.25, 0.3) is 0 Å². The SMILES string of the molecule is COc1cc(N2CCCCC2)c(C2CC2)cc1CN1CC2(CC(N3CCC(C)(C(=O)O)CC3)=NO2)C1. The number of hydrogen-bond donors (Lipinski definition) is 1. The Morgan fingerprint density at radius 3 is 2.47 bits per heavy atom. The number of amidine groups is 1. The Morgan fingerprint density at radius 1 is 1.11 bits per heavy atom. The summed E-state index contributed by atoms with van der Waals surface area (Å²) in [5.74, 6) is 2.00. The number of rotatable bonds is 6. The van der Waals surface area contributed by atoms with E-state index in [1.807, 2.05) is 6.92 Å². The molecule has 196 valence electrons. The van der Waals surface area contributed by atoms with Crippen LogP contribution in [0.4, 0.5) is 5.69 Å². The molecule has 36 heavy (non-hydrogen) atoms. The molecule has 4 aliphatic heterocycles. The predicted molar refractivity (Wildman–Crippen MR) is 139 cm³/mol. The number of nitrogens with zero attached hydrogens (tertiary/aromatic N) is 4. The topological polar surface area (TPSA) is 77.8 Å². The number of ether oxygens (including phenoxy) is 1. The molecule has 0 unspecified atom stereocenters. The lowest BCUT2D eigenvalue weighted by molar-refractivity contribution is -0.150. The van der Waals surface area contributed by atoms with Crippen LogP contribution in [-0.2, 0) is 16.2 Å². The van der Waals surface area contributed by atoms with Gasteiger partial charge in [0.1, 0.15) is 11.6 Å². The molecule has 1 aromatic carbocycles. The van der Waals surface area contributed by atoms with Crippen LogP contribution in [0.1, 0.15) is 75.3 Å². The van der Waals surface area contributed by atoms with E-state index in [4.69, 9.17) is 9.57 Å². The fourth-order valence-electron chi connectivity index (χ4n) is 6.51. The van der Waals surface area contributed by atoms with Crippen LogP contribution in [0.2, 0.25) is 0 Å². The van der Waals surface area contributed by atoms with Crippen molar-refractivity contribution in [3.05, 3.63) is 23.3 Å². The number of piperidine rings is 2. The van der Waals surface area contributed by atoms with Crippen molar-refractivity contribution in [1.29, 1.82) is 0 Å². The Kier molecular flexibility index (Phi) is 6.05. The Bertz CT molecular complexity index is 1030. The van der Waals surface area contributed by atoms with E-state index in [1.165, 1.54) is 48.9 Å². The number of carbonyl (C=O) groups is 1. The van der Waals surface area contributed by atoms with Gasteiger partial charge in [0.15, 0.2) is 5.60 Å². The second-order valence-corrected chi connectivity index (χ2v) is 12.0. The molecule has 4 heterocycles. The highest BCUT2D eigenvalue weighted by Crippen LogP contribution is 2.47. The lowest BCUT2D eigenvalue weighted by atomic mass is 9.80. The first-order chi connectivity index (χ1) is 17.4. The molecule has 1 N–H and O–H groups in total. The monoisotopic (exact) mass is 496 g/mol. The van der Waals surface area contributed by atoms with E-state index in [0.717, 1.165) is 63.8 Å². The zero-order chi connectivity index (χ0) is 24.9. The molecule has 0 bridgehead atoms. The second-order valence-electron chi connectivity index (χ2n) is 12.0. The summed E-state index contributed by atoms with van der Waals surface area (Å²) >= 11 is 0. The molecular formula is C28H40N4O4. The maximum atomic E-state index is 11.6. The van der Waals surface area contributed by atoms with Crippen LogP contribution in [0, 0.1) is 5.41 Å². The summed E-state index contributed by atoms with van der Waals surface area (Å²) in [5.41, 5.74) is 3.34. The smallest absolute Gasteiger partial charge is 0.309 e. The summed E-state index contributed by atoms with van der Waals surface area (Å²) in [5, 5.41) is 14.0. The molecule has 0 amide bonds. The number of methoxy groups -OCH3 is 1. The molecule has 6 rings (SSSR count). The maximum Gasteiger partial charge on any atom is 0.309 e. The van der Waals surface area contributed by atoms with Crippen molar-refractivity contribution in [2.45, 2.75) is 76.4 Å². The Labute approximate surface area is 214 Å². The fraction of sp³-hybridized carbons (Fsp3) is 0.714. The van der Waals surface area contributed by atoms with Gasteiger partial charge in [-0.15, -0.1) is 0 Å². The van der Waals surface area contributed by atoms with Gasteiger partial charge >= 0.3 is 5.97 Å². The number of hydrogen-bond acceptors (Lipinski definition) is 7. The van der Waals surface area contributed by atoms with E-state index in [2.05, 4.69) is 32.0 Å². The Hall–Kier alpha value is -2.48. The van der Waals surface area contributed by atoms with E-state index in [9.17, 15) is 9.90 Å². The van der Waals surface area contributed by atoms with Crippen molar-refractivity contribution in [1.82, 2.24) is 9.80 Å². The van der Waals surface area contributed by atoms with Crippen LogP contribution in [-0.4, -0.2) is 78.7 Å². The van der Waals surface area contributed by atoms with Gasteiger partial charge in [-0.1, -0.05) is 5.16 Å². The summed E-state index contributed by atoms with van der Waals surface area (Å²) < 4.78 is 5.89. The van der Waals surface area contributed by atoms with Crippen LogP contribution >= 0.6 is 0 Å². The first-order valence-corrected chi connectivity index (χ1v) is 13.8. The van der Waals surface area contributed by atoms with Crippen molar-refractivity contribution in [2.24, 2.45) is 10.6 Å². The van der Waals surface area contributed by atoms with Crippen LogP contribution in [0.25, 0.3) is 0 Å². The van der Waals surface area contributed by atoms with E-state index in [-0.39, 0.29) is 5.60 Å². The summed E-state index contributed by atoms with van der Waals surface area (Å²) in [6, 6.07) is 4.73. The number of likely N-dealkylation sites (tertiary alicyclic amines) is 2. The number of oxime groups is 1. The third-order valence-corrected chi connectivity index (χ3v) is 9.13. The van der Waals surface area contributed by atoms with Crippen molar-refractivity contribution in [3.63, 3.8) is 0 Å². The fourth-order valence-corrected chi connectivity index (χ4v) is 6.51. The number of aliphatic carboxylic acids is 1. The lowest BCUT2D eigenvalue weighted by Crippen LogP contribution is -2.61. The summed E-state index contributed by atoms with van der Waals surface area (Å²) in [7, 11) is 1.79. The van der Waals surface area contributed by atoms with Gasteiger partial charge in [-0.25, -0.2) is 0 Å². The second kappa shape index (κ2) is 9.12. The molecular weight excluding hydrogens is 456 g/mol. The van der Waals surface area contributed by atoms with Gasteiger partial charge in [0.05, 0.1) is 18.9 Å². The lowest BCUT2D eigenvalue weighted by Gasteiger charge is -2.46. The molecule has 8 nitrogen and oxygen atoms in total. The van der Waals surface area contributed by atoms with Gasteiger partial charge in [-0.2, -0.15) is 0 Å². The zero-order valence-electron chi connectivity index (χ0n) is 21.8. The van der Waals surface area contributed by atoms with Gasteiger partial charge in [0, 0.05) is 63.1 Å².